The van der Waals surface area contributed by atoms with Crippen molar-refractivity contribution in [1.82, 2.24) is 54.9 Å². The maximum absolute atomic E-state index is 7.06. The van der Waals surface area contributed by atoms with E-state index in [1.165, 1.54) is 116 Å². The lowest BCUT2D eigenvalue weighted by Gasteiger charge is -2.22. The fourth-order valence-electron chi connectivity index (χ4n) is 17.8. The third-order valence-corrected chi connectivity index (χ3v) is 28.7. The maximum atomic E-state index is 7.06. The van der Waals surface area contributed by atoms with Crippen LogP contribution in [-0.4, -0.2) is 94.6 Å². The molecule has 0 unspecified atom stereocenters. The van der Waals surface area contributed by atoms with Gasteiger partial charge < -0.3 is 38.4 Å². The zero-order chi connectivity index (χ0) is 104. The lowest BCUT2D eigenvalue weighted by molar-refractivity contribution is 0.235. The molecule has 0 saturated heterocycles. The van der Waals surface area contributed by atoms with Gasteiger partial charge in [0.05, 0.1) is 187 Å². The van der Waals surface area contributed by atoms with Crippen LogP contribution in [0.3, 0.4) is 0 Å². The standard InChI is InChI=1S/C128H134N12O6S4/c1-15-17-19-21-23-25-27-29-31-33-81-141-97-63-43-87(44-64-97)41-47-89-49-51-91(119-117(89)133-147-135-119)53-55-93-57-59-95(123-121(93)137-149-139-123)61-67-99-101-69-73-105(129-101)113(115-109(143-83-77-125(3,4)5)37-35-38-110(115)144-84-78-126(6,7)8)107-75-71-103(131-107)100(104-72-76-108(132-104)114(106-74-70-102(99)130-106)116-111(145-85-79-127(9,10)11)39-36-40-112(116)146-86-80-128(12,13)14)68-62-96-60-58-94(122-124(96)140-150-138-122)56-54-92-52-50-90(118-120(92)136-148-134-118)48-42-88-45-65-98(66-46-88)142-82-34-32-30-28-26-24-22-20-18-16-2/h35-40,43-46,49-52,57-60,63-66,69-76,129,132H,15-34,77-86H2,1-14H3. The molecule has 2 aliphatic heterocycles. The van der Waals surface area contributed by atoms with Crippen LogP contribution >= 0.6 is 46.9 Å². The number of nitrogens with zero attached hydrogens (tertiary/aromatic N) is 10. The van der Waals surface area contributed by atoms with Crippen LogP contribution in [0.1, 0.15) is 341 Å². The molecule has 766 valence electrons. The summed E-state index contributed by atoms with van der Waals surface area (Å²) in [5.74, 6) is 46.2. The highest BCUT2D eigenvalue weighted by Gasteiger charge is 2.28. The SMILES string of the molecule is CCCCCCCCCCCCOc1ccc(C#Cc2ccc(C#Cc3ccc(C#Cc4c5nc(c(-c6c(OCCC(C)(C)C)cccc6OCCC(C)(C)C)c6ccc([nH]6)c(C#Cc6ccc(C#Cc7ccc(C#Cc8ccc(OCCCCCCCCCCCC)cc8)c8nsnc78)c7nsnc67)c6nc(c(-c7c(OCCC(C)(C)C)cccc7OCCC(C)(C)C)c7ccc4[nH]7)C=C6)C=C5)c4nsnc34)c3nsnc23)cc1. The fourth-order valence-corrected chi connectivity index (χ4v) is 20.1. The average Bonchev–Trinajstić information content (AvgIpc) is 1.60. The lowest BCUT2D eigenvalue weighted by atomic mass is 9.93. The van der Waals surface area contributed by atoms with Crippen molar-refractivity contribution in [2.75, 3.05) is 39.6 Å². The number of hydrogen-bond donors (Lipinski definition) is 2. The van der Waals surface area contributed by atoms with E-state index < -0.39 is 0 Å². The molecule has 17 rings (SSSR count). The van der Waals surface area contributed by atoms with E-state index in [1.807, 2.05) is 146 Å². The second kappa shape index (κ2) is 50.9. The molecule has 0 spiro atoms. The topological polar surface area (TPSA) is 216 Å². The minimum Gasteiger partial charge on any atom is -0.494 e. The first-order valence-corrected chi connectivity index (χ1v) is 56.3. The number of rotatable bonds is 38. The summed E-state index contributed by atoms with van der Waals surface area (Å²) in [4.78, 5) is 19.5. The third-order valence-electron chi connectivity index (χ3n) is 26.6. The molecule has 0 atom stereocenters. The van der Waals surface area contributed by atoms with Crippen molar-refractivity contribution >= 4 is 137 Å². The minimum absolute atomic E-state index is 0.0366. The Bertz CT molecular complexity index is 7440. The molecule has 18 nitrogen and oxygen atoms in total. The van der Waals surface area contributed by atoms with Crippen molar-refractivity contribution in [2.24, 2.45) is 21.7 Å². The summed E-state index contributed by atoms with van der Waals surface area (Å²) >= 11 is 4.50. The van der Waals surface area contributed by atoms with E-state index in [0.717, 1.165) is 141 Å². The molecule has 2 aliphatic rings. The molecule has 0 saturated carbocycles. The second-order valence-electron chi connectivity index (χ2n) is 43.5. The predicted octanol–water partition coefficient (Wildman–Crippen LogP) is 32.3. The van der Waals surface area contributed by atoms with E-state index in [-0.39, 0.29) is 21.7 Å². The quantitative estimate of drug-likeness (QED) is 0.0272. The summed E-state index contributed by atoms with van der Waals surface area (Å²) < 4.78 is 79.2. The predicted molar refractivity (Wildman–Crippen MR) is 621 cm³/mol. The molecule has 9 heterocycles. The van der Waals surface area contributed by atoms with E-state index in [4.69, 9.17) is 73.4 Å². The number of aromatic nitrogens is 12. The van der Waals surface area contributed by atoms with Gasteiger partial charge >= 0.3 is 0 Å². The Kier molecular flexibility index (Phi) is 36.3. The third kappa shape index (κ3) is 28.9. The molecule has 2 N–H and O–H groups in total. The van der Waals surface area contributed by atoms with Gasteiger partial charge in [0.1, 0.15) is 78.6 Å². The molecule has 8 aromatic carbocycles. The summed E-state index contributed by atoms with van der Waals surface area (Å²) in [6.45, 7) is 34.4. The number of benzene rings is 8. The molecule has 0 radical (unpaired) electrons. The van der Waals surface area contributed by atoms with Gasteiger partial charge in [0, 0.05) is 33.3 Å². The first-order valence-electron chi connectivity index (χ1n) is 53.3. The molecule has 22 heteroatoms. The fraction of sp³-hybridized carbons (Fsp3) is 0.375. The molecule has 15 aromatic rings. The van der Waals surface area contributed by atoms with Crippen molar-refractivity contribution in [2.45, 2.75) is 251 Å². The van der Waals surface area contributed by atoms with Crippen molar-refractivity contribution in [1.29, 1.82) is 0 Å². The largest absolute Gasteiger partial charge is 0.494 e. The van der Waals surface area contributed by atoms with Crippen LogP contribution in [0.2, 0.25) is 0 Å². The van der Waals surface area contributed by atoms with Crippen LogP contribution in [0, 0.1) is 92.7 Å². The molecule has 8 bridgehead atoms. The number of hydrogen-bond acceptors (Lipinski definition) is 20. The van der Waals surface area contributed by atoms with E-state index >= 15 is 0 Å². The normalized spacial score (nSPS) is 11.8. The molecule has 7 aromatic heterocycles. The minimum atomic E-state index is -0.0366. The maximum Gasteiger partial charge on any atom is 0.131 e. The zero-order valence-electron chi connectivity index (χ0n) is 89.1. The summed E-state index contributed by atoms with van der Waals surface area (Å²) in [6, 6.07) is 52.2. The Balaban J connectivity index is 0.754. The van der Waals surface area contributed by atoms with E-state index in [2.05, 4.69) is 214 Å². The molecule has 0 amide bonds. The van der Waals surface area contributed by atoms with Gasteiger partial charge in [-0.15, -0.1) is 0 Å². The van der Waals surface area contributed by atoms with Crippen LogP contribution in [0.4, 0.5) is 0 Å². The van der Waals surface area contributed by atoms with Gasteiger partial charge in [-0.05, 0) is 230 Å². The average molecular weight is 2060 g/mol. The summed E-state index contributed by atoms with van der Waals surface area (Å²) in [6.07, 6.45) is 37.0. The van der Waals surface area contributed by atoms with Gasteiger partial charge in [-0.1, -0.05) is 296 Å². The van der Waals surface area contributed by atoms with Crippen LogP contribution < -0.4 is 28.4 Å². The monoisotopic (exact) mass is 2060 g/mol. The molecule has 150 heavy (non-hydrogen) atoms. The van der Waals surface area contributed by atoms with Crippen LogP contribution in [0.25, 0.3) is 113 Å². The van der Waals surface area contributed by atoms with Gasteiger partial charge in [0.25, 0.3) is 0 Å². The first kappa shape index (κ1) is 107. The van der Waals surface area contributed by atoms with Crippen molar-refractivity contribution < 1.29 is 28.4 Å². The smallest absolute Gasteiger partial charge is 0.131 e. The summed E-state index contributed by atoms with van der Waals surface area (Å²) in [5.41, 5.74) is 21.7. The highest BCUT2D eigenvalue weighted by atomic mass is 32.1. The Morgan fingerprint density at radius 1 is 0.233 bits per heavy atom. The Hall–Kier alpha value is -14.2. The van der Waals surface area contributed by atoms with Crippen LogP contribution in [-0.2, 0) is 0 Å². The molecular formula is C128H134N12O6S4. The van der Waals surface area contributed by atoms with Gasteiger partial charge in [-0.2, -0.15) is 35.0 Å². The van der Waals surface area contributed by atoms with Gasteiger partial charge in [0.15, 0.2) is 0 Å². The number of fused-ring (bicyclic) bond motifs is 12. The first-order chi connectivity index (χ1) is 72.8. The lowest BCUT2D eigenvalue weighted by Crippen LogP contribution is -2.13. The van der Waals surface area contributed by atoms with Crippen molar-refractivity contribution in [3.05, 3.63) is 247 Å². The summed E-state index contributed by atoms with van der Waals surface area (Å²) in [5, 5.41) is 0. The zero-order valence-corrected chi connectivity index (χ0v) is 92.4. The van der Waals surface area contributed by atoms with Crippen LogP contribution in [0.5, 0.6) is 34.5 Å². The van der Waals surface area contributed by atoms with E-state index in [9.17, 15) is 0 Å². The number of nitrogens with one attached hydrogen (secondary N) is 2. The van der Waals surface area contributed by atoms with E-state index in [0.29, 0.717) is 196 Å². The van der Waals surface area contributed by atoms with E-state index in [1.54, 1.807) is 0 Å². The number of unbranched alkanes of at least 4 members (excludes halogenated alkanes) is 18. The highest BCUT2D eigenvalue weighted by Crippen LogP contribution is 2.47. The number of H-pyrrole nitrogens is 2. The van der Waals surface area contributed by atoms with Crippen molar-refractivity contribution in [3.63, 3.8) is 0 Å². The Morgan fingerprint density at radius 2 is 0.473 bits per heavy atom. The van der Waals surface area contributed by atoms with Gasteiger partial charge in [-0.3, -0.25) is 0 Å². The number of aromatic amines is 2. The van der Waals surface area contributed by atoms with Crippen LogP contribution in [0.15, 0.2) is 158 Å². The molecule has 0 aliphatic carbocycles. The van der Waals surface area contributed by atoms with Gasteiger partial charge in [-0.25, -0.2) is 9.97 Å². The number of ether oxygens (including phenoxy) is 6. The Morgan fingerprint density at radius 3 is 0.740 bits per heavy atom. The summed E-state index contributed by atoms with van der Waals surface area (Å²) in [7, 11) is 0. The highest BCUT2D eigenvalue weighted by molar-refractivity contribution is 7.00. The second-order valence-corrected chi connectivity index (χ2v) is 45.6. The Labute approximate surface area is 901 Å². The van der Waals surface area contributed by atoms with Gasteiger partial charge in [0.2, 0.25) is 0 Å². The molecular weight excluding hydrogens is 1930 g/mol. The molecule has 0 fully saturated rings. The van der Waals surface area contributed by atoms with Crippen molar-refractivity contribution in [3.8, 4) is 128 Å².